The van der Waals surface area contributed by atoms with Crippen molar-refractivity contribution in [2.75, 3.05) is 0 Å². The van der Waals surface area contributed by atoms with Gasteiger partial charge >= 0.3 is 5.97 Å². The number of carbonyl (C=O) groups is 1. The summed E-state index contributed by atoms with van der Waals surface area (Å²) in [6.45, 7) is 1.53. The molecule has 0 amide bonds. The summed E-state index contributed by atoms with van der Waals surface area (Å²) in [7, 11) is 0. The van der Waals surface area contributed by atoms with Gasteiger partial charge in [-0.25, -0.2) is 4.39 Å². The van der Waals surface area contributed by atoms with Gasteiger partial charge in [-0.1, -0.05) is 25.7 Å². The fourth-order valence-electron chi connectivity index (χ4n) is 3.71. The first-order valence-corrected chi connectivity index (χ1v) is 6.39. The molecular formula is C13H21FO2. The van der Waals surface area contributed by atoms with Gasteiger partial charge in [0.15, 0.2) is 0 Å². The maximum atomic E-state index is 13.7. The van der Waals surface area contributed by atoms with Gasteiger partial charge in [-0.05, 0) is 38.5 Å². The number of rotatable bonds is 2. The minimum Gasteiger partial charge on any atom is -0.481 e. The molecule has 92 valence electrons. The SMILES string of the molecule is CC1(F)CC(C(=O)O)(C2CCCCCC2)C1. The van der Waals surface area contributed by atoms with Gasteiger partial charge in [-0.3, -0.25) is 4.79 Å². The van der Waals surface area contributed by atoms with Crippen LogP contribution in [0.15, 0.2) is 0 Å². The fraction of sp³-hybridized carbons (Fsp3) is 0.923. The third kappa shape index (κ3) is 1.96. The molecule has 0 aromatic rings. The Morgan fingerprint density at radius 2 is 1.69 bits per heavy atom. The largest absolute Gasteiger partial charge is 0.481 e. The number of hydrogen-bond acceptors (Lipinski definition) is 1. The number of carboxylic acids is 1. The molecule has 0 aliphatic heterocycles. The smallest absolute Gasteiger partial charge is 0.310 e. The quantitative estimate of drug-likeness (QED) is 0.734. The second kappa shape index (κ2) is 4.01. The summed E-state index contributed by atoms with van der Waals surface area (Å²) < 4.78 is 13.7. The van der Waals surface area contributed by atoms with Gasteiger partial charge in [0.2, 0.25) is 0 Å². The Hall–Kier alpha value is -0.600. The van der Waals surface area contributed by atoms with E-state index in [0.717, 1.165) is 25.7 Å². The summed E-state index contributed by atoms with van der Waals surface area (Å²) in [5, 5.41) is 9.39. The van der Waals surface area contributed by atoms with E-state index in [1.807, 2.05) is 0 Å². The van der Waals surface area contributed by atoms with Crippen molar-refractivity contribution in [3.05, 3.63) is 0 Å². The Balaban J connectivity index is 2.11. The van der Waals surface area contributed by atoms with E-state index in [-0.39, 0.29) is 18.8 Å². The average Bonchev–Trinajstić information content (AvgIpc) is 2.40. The van der Waals surface area contributed by atoms with Crippen LogP contribution in [0.1, 0.15) is 58.3 Å². The third-order valence-electron chi connectivity index (χ3n) is 4.43. The Kier molecular flexibility index (Phi) is 2.97. The van der Waals surface area contributed by atoms with Gasteiger partial charge in [-0.2, -0.15) is 0 Å². The van der Waals surface area contributed by atoms with E-state index in [0.29, 0.717) is 0 Å². The van der Waals surface area contributed by atoms with Crippen LogP contribution in [0.2, 0.25) is 0 Å². The molecule has 2 aliphatic carbocycles. The zero-order chi connectivity index (χ0) is 11.8. The van der Waals surface area contributed by atoms with Crippen molar-refractivity contribution in [1.29, 1.82) is 0 Å². The predicted octanol–water partition coefficient (Wildman–Crippen LogP) is 3.55. The van der Waals surface area contributed by atoms with Crippen molar-refractivity contribution in [3.63, 3.8) is 0 Å². The van der Waals surface area contributed by atoms with Crippen LogP contribution in [-0.2, 0) is 4.79 Å². The lowest BCUT2D eigenvalue weighted by molar-refractivity contribution is -0.177. The molecule has 0 aromatic heterocycles. The molecule has 0 bridgehead atoms. The summed E-state index contributed by atoms with van der Waals surface area (Å²) >= 11 is 0. The fourth-order valence-corrected chi connectivity index (χ4v) is 3.71. The summed E-state index contributed by atoms with van der Waals surface area (Å²) in [5.74, 6) is -0.564. The highest BCUT2D eigenvalue weighted by Gasteiger charge is 2.60. The van der Waals surface area contributed by atoms with E-state index in [9.17, 15) is 14.3 Å². The van der Waals surface area contributed by atoms with E-state index in [4.69, 9.17) is 0 Å². The van der Waals surface area contributed by atoms with Crippen molar-refractivity contribution >= 4 is 5.97 Å². The lowest BCUT2D eigenvalue weighted by atomic mass is 9.53. The minimum absolute atomic E-state index is 0.205. The first-order valence-electron chi connectivity index (χ1n) is 6.39. The summed E-state index contributed by atoms with van der Waals surface area (Å²) in [4.78, 5) is 11.4. The lowest BCUT2D eigenvalue weighted by Crippen LogP contribution is -2.55. The van der Waals surface area contributed by atoms with Gasteiger partial charge in [0.25, 0.3) is 0 Å². The van der Waals surface area contributed by atoms with Crippen LogP contribution in [0.3, 0.4) is 0 Å². The van der Waals surface area contributed by atoms with Gasteiger partial charge < -0.3 is 5.11 Å². The molecule has 0 radical (unpaired) electrons. The number of alkyl halides is 1. The molecule has 3 heteroatoms. The second-order valence-corrected chi connectivity index (χ2v) is 5.92. The van der Waals surface area contributed by atoms with Gasteiger partial charge in [0.05, 0.1) is 5.41 Å². The van der Waals surface area contributed by atoms with Crippen LogP contribution >= 0.6 is 0 Å². The molecule has 16 heavy (non-hydrogen) atoms. The maximum absolute atomic E-state index is 13.7. The minimum atomic E-state index is -1.25. The third-order valence-corrected chi connectivity index (χ3v) is 4.43. The van der Waals surface area contributed by atoms with E-state index in [1.165, 1.54) is 19.8 Å². The van der Waals surface area contributed by atoms with Gasteiger partial charge in [0.1, 0.15) is 5.67 Å². The molecule has 1 N–H and O–H groups in total. The normalized spacial score (nSPS) is 41.1. The van der Waals surface area contributed by atoms with E-state index in [2.05, 4.69) is 0 Å². The molecule has 2 fully saturated rings. The predicted molar refractivity (Wildman–Crippen MR) is 60.0 cm³/mol. The zero-order valence-electron chi connectivity index (χ0n) is 9.97. The molecule has 0 unspecified atom stereocenters. The van der Waals surface area contributed by atoms with Crippen LogP contribution < -0.4 is 0 Å². The average molecular weight is 228 g/mol. The molecular weight excluding hydrogens is 207 g/mol. The second-order valence-electron chi connectivity index (χ2n) is 5.92. The van der Waals surface area contributed by atoms with E-state index < -0.39 is 17.1 Å². The highest BCUT2D eigenvalue weighted by atomic mass is 19.1. The van der Waals surface area contributed by atoms with Gasteiger partial charge in [-0.15, -0.1) is 0 Å². The van der Waals surface area contributed by atoms with Crippen molar-refractivity contribution in [1.82, 2.24) is 0 Å². The van der Waals surface area contributed by atoms with Crippen LogP contribution in [0.5, 0.6) is 0 Å². The highest BCUT2D eigenvalue weighted by Crippen LogP contribution is 2.58. The molecule has 0 aromatic carbocycles. The topological polar surface area (TPSA) is 37.3 Å². The molecule has 0 spiro atoms. The Bertz CT molecular complexity index is 270. The maximum Gasteiger partial charge on any atom is 0.310 e. The molecule has 2 aliphatic rings. The Labute approximate surface area is 96.2 Å². The number of hydrogen-bond donors (Lipinski definition) is 1. The zero-order valence-corrected chi connectivity index (χ0v) is 9.97. The summed E-state index contributed by atoms with van der Waals surface area (Å²) in [6, 6.07) is 0. The Morgan fingerprint density at radius 3 is 2.06 bits per heavy atom. The number of aliphatic carboxylic acids is 1. The van der Waals surface area contributed by atoms with E-state index in [1.54, 1.807) is 0 Å². The van der Waals surface area contributed by atoms with Crippen LogP contribution in [0, 0.1) is 11.3 Å². The summed E-state index contributed by atoms with van der Waals surface area (Å²) in [6.07, 6.45) is 7.04. The monoisotopic (exact) mass is 228 g/mol. The molecule has 2 rings (SSSR count). The van der Waals surface area contributed by atoms with Crippen molar-refractivity contribution in [2.24, 2.45) is 11.3 Å². The van der Waals surface area contributed by atoms with Crippen LogP contribution in [0.4, 0.5) is 4.39 Å². The highest BCUT2D eigenvalue weighted by molar-refractivity contribution is 5.77. The standard InChI is InChI=1S/C13H21FO2/c1-12(14)8-13(9-12,11(15)16)10-6-4-2-3-5-7-10/h10H,2-9H2,1H3,(H,15,16). The van der Waals surface area contributed by atoms with Crippen molar-refractivity contribution < 1.29 is 14.3 Å². The Morgan fingerprint density at radius 1 is 1.19 bits per heavy atom. The molecule has 2 nitrogen and oxygen atoms in total. The van der Waals surface area contributed by atoms with Crippen LogP contribution in [-0.4, -0.2) is 16.7 Å². The molecule has 2 saturated carbocycles. The number of halogens is 1. The van der Waals surface area contributed by atoms with Crippen molar-refractivity contribution in [2.45, 2.75) is 64.0 Å². The molecule has 0 atom stereocenters. The first-order chi connectivity index (χ1) is 7.46. The number of carboxylic acid groups (broad SMARTS) is 1. The lowest BCUT2D eigenvalue weighted by Gasteiger charge is -2.51. The first kappa shape index (κ1) is 11.9. The summed E-state index contributed by atoms with van der Waals surface area (Å²) in [5.41, 5.74) is -1.99. The molecule has 0 heterocycles. The van der Waals surface area contributed by atoms with Gasteiger partial charge in [0, 0.05) is 0 Å². The van der Waals surface area contributed by atoms with Crippen molar-refractivity contribution in [3.8, 4) is 0 Å². The van der Waals surface area contributed by atoms with E-state index >= 15 is 0 Å². The molecule has 0 saturated heterocycles. The van der Waals surface area contributed by atoms with Crippen LogP contribution in [0.25, 0.3) is 0 Å².